The Kier molecular flexibility index (Phi) is 8.96. The molecule has 110 valence electrons. The van der Waals surface area contributed by atoms with Gasteiger partial charge in [0.1, 0.15) is 5.76 Å². The van der Waals surface area contributed by atoms with Crippen molar-refractivity contribution in [2.75, 3.05) is 0 Å². The average molecular weight is 279 g/mol. The lowest BCUT2D eigenvalue weighted by atomic mass is 10.3. The summed E-state index contributed by atoms with van der Waals surface area (Å²) in [7, 11) is 0. The second-order valence-electron chi connectivity index (χ2n) is 3.76. The van der Waals surface area contributed by atoms with Crippen molar-refractivity contribution < 1.29 is 14.2 Å². The van der Waals surface area contributed by atoms with Crippen LogP contribution in [0, 0.1) is 5.82 Å². The van der Waals surface area contributed by atoms with Gasteiger partial charge in [0.15, 0.2) is 5.82 Å². The Hall–Kier alpha value is -1.94. The van der Waals surface area contributed by atoms with Crippen LogP contribution in [-0.2, 0) is 6.61 Å². The van der Waals surface area contributed by atoms with Crippen molar-refractivity contribution in [3.05, 3.63) is 59.8 Å². The Morgan fingerprint density at radius 3 is 2.55 bits per heavy atom. The first kappa shape index (κ1) is 18.1. The summed E-state index contributed by atoms with van der Waals surface area (Å²) in [6.45, 7) is 11.1. The lowest BCUT2D eigenvalue weighted by Gasteiger charge is -2.07. The SMILES string of the molecule is C=C(C)/C=C\C(=C/C)Oc1ncc(CO)cc1F.CC. The molecule has 4 heteroatoms. The Bertz CT molecular complexity index is 493. The number of hydrogen-bond acceptors (Lipinski definition) is 3. The smallest absolute Gasteiger partial charge is 0.255 e. The third-order valence-electron chi connectivity index (χ3n) is 2.08. The predicted molar refractivity (Wildman–Crippen MR) is 79.8 cm³/mol. The standard InChI is InChI=1S/C14H16FNO2.C2H6/c1-4-12(6-5-10(2)3)18-14-13(15)7-11(9-17)8-16-14;1-2/h4-8,17H,2,9H2,1,3H3;1-2H3/b6-5-,12-4+;. The zero-order chi connectivity index (χ0) is 15.5. The van der Waals surface area contributed by atoms with Gasteiger partial charge in [0.2, 0.25) is 0 Å². The van der Waals surface area contributed by atoms with Gasteiger partial charge in [0.25, 0.3) is 5.88 Å². The molecular formula is C16H22FNO2. The number of hydrogen-bond donors (Lipinski definition) is 1. The molecule has 3 nitrogen and oxygen atoms in total. The fourth-order valence-electron chi connectivity index (χ4n) is 1.15. The van der Waals surface area contributed by atoms with Crippen molar-refractivity contribution in [1.29, 1.82) is 0 Å². The third-order valence-corrected chi connectivity index (χ3v) is 2.08. The van der Waals surface area contributed by atoms with Gasteiger partial charge in [-0.15, -0.1) is 0 Å². The van der Waals surface area contributed by atoms with Crippen LogP contribution >= 0.6 is 0 Å². The highest BCUT2D eigenvalue weighted by Gasteiger charge is 2.07. The summed E-state index contributed by atoms with van der Waals surface area (Å²) in [4.78, 5) is 3.81. The molecule has 0 aliphatic heterocycles. The van der Waals surface area contributed by atoms with Gasteiger partial charge in [0, 0.05) is 6.20 Å². The largest absolute Gasteiger partial charge is 0.437 e. The molecule has 0 unspecified atom stereocenters. The number of aliphatic hydroxyl groups excluding tert-OH is 1. The number of ether oxygens (including phenoxy) is 1. The summed E-state index contributed by atoms with van der Waals surface area (Å²) in [6, 6.07) is 1.19. The van der Waals surface area contributed by atoms with Gasteiger partial charge in [-0.1, -0.05) is 32.1 Å². The van der Waals surface area contributed by atoms with Crippen molar-refractivity contribution in [1.82, 2.24) is 4.98 Å². The first-order chi connectivity index (χ1) is 9.56. The molecule has 0 saturated heterocycles. The monoisotopic (exact) mass is 279 g/mol. The number of aliphatic hydroxyl groups is 1. The third kappa shape index (κ3) is 6.29. The van der Waals surface area contributed by atoms with E-state index >= 15 is 0 Å². The van der Waals surface area contributed by atoms with E-state index < -0.39 is 5.82 Å². The second kappa shape index (κ2) is 9.92. The number of allylic oxidation sites excluding steroid dienone is 4. The molecule has 1 N–H and O–H groups in total. The molecule has 20 heavy (non-hydrogen) atoms. The highest BCUT2D eigenvalue weighted by Crippen LogP contribution is 2.17. The number of nitrogens with zero attached hydrogens (tertiary/aromatic N) is 1. The average Bonchev–Trinajstić information content (AvgIpc) is 2.46. The van der Waals surface area contributed by atoms with Gasteiger partial charge >= 0.3 is 0 Å². The zero-order valence-corrected chi connectivity index (χ0v) is 12.5. The van der Waals surface area contributed by atoms with Crippen molar-refractivity contribution in [2.45, 2.75) is 34.3 Å². The van der Waals surface area contributed by atoms with E-state index in [1.807, 2.05) is 20.8 Å². The van der Waals surface area contributed by atoms with E-state index in [1.54, 1.807) is 25.2 Å². The molecule has 1 rings (SSSR count). The van der Waals surface area contributed by atoms with Crippen molar-refractivity contribution in [2.24, 2.45) is 0 Å². The van der Waals surface area contributed by atoms with E-state index in [0.29, 0.717) is 11.3 Å². The number of pyridine rings is 1. The molecule has 0 aliphatic rings. The molecule has 1 aromatic heterocycles. The van der Waals surface area contributed by atoms with E-state index in [2.05, 4.69) is 11.6 Å². The van der Waals surface area contributed by atoms with E-state index in [9.17, 15) is 4.39 Å². The summed E-state index contributed by atoms with van der Waals surface area (Å²) >= 11 is 0. The molecule has 0 bridgehead atoms. The van der Waals surface area contributed by atoms with Crippen molar-refractivity contribution >= 4 is 0 Å². The minimum atomic E-state index is -0.607. The molecule has 0 aliphatic carbocycles. The molecule has 0 radical (unpaired) electrons. The lowest BCUT2D eigenvalue weighted by molar-refractivity contribution is 0.279. The Labute approximate surface area is 120 Å². The van der Waals surface area contributed by atoms with Gasteiger partial charge in [0.05, 0.1) is 6.61 Å². The quantitative estimate of drug-likeness (QED) is 0.650. The van der Waals surface area contributed by atoms with E-state index in [-0.39, 0.29) is 12.5 Å². The molecule has 0 fully saturated rings. The summed E-state index contributed by atoms with van der Waals surface area (Å²) in [6.07, 6.45) is 6.51. The topological polar surface area (TPSA) is 42.4 Å². The Morgan fingerprint density at radius 1 is 1.45 bits per heavy atom. The maximum absolute atomic E-state index is 13.6. The first-order valence-electron chi connectivity index (χ1n) is 6.50. The highest BCUT2D eigenvalue weighted by molar-refractivity contribution is 5.26. The van der Waals surface area contributed by atoms with Gasteiger partial charge in [-0.25, -0.2) is 9.37 Å². The van der Waals surface area contributed by atoms with Crippen molar-refractivity contribution in [3.8, 4) is 5.88 Å². The molecule has 0 atom stereocenters. The summed E-state index contributed by atoms with van der Waals surface area (Å²) in [5.74, 6) is -0.252. The maximum Gasteiger partial charge on any atom is 0.255 e. The summed E-state index contributed by atoms with van der Waals surface area (Å²) in [5.41, 5.74) is 1.27. The molecule has 0 spiro atoms. The van der Waals surface area contributed by atoms with Crippen LogP contribution in [0.4, 0.5) is 4.39 Å². The zero-order valence-electron chi connectivity index (χ0n) is 12.5. The lowest BCUT2D eigenvalue weighted by Crippen LogP contribution is -1.99. The van der Waals surface area contributed by atoms with Crippen LogP contribution < -0.4 is 4.74 Å². The van der Waals surface area contributed by atoms with Crippen LogP contribution in [0.3, 0.4) is 0 Å². The molecular weight excluding hydrogens is 257 g/mol. The fourth-order valence-corrected chi connectivity index (χ4v) is 1.15. The number of halogens is 1. The normalized spacial score (nSPS) is 11.0. The van der Waals surface area contributed by atoms with Crippen LogP contribution in [0.5, 0.6) is 5.88 Å². The van der Waals surface area contributed by atoms with E-state index in [0.717, 1.165) is 5.57 Å². The fraction of sp³-hybridized carbons (Fsp3) is 0.312. The molecule has 1 aromatic rings. The maximum atomic E-state index is 13.6. The van der Waals surface area contributed by atoms with E-state index in [1.165, 1.54) is 12.3 Å². The van der Waals surface area contributed by atoms with Gasteiger partial charge < -0.3 is 9.84 Å². The van der Waals surface area contributed by atoms with Gasteiger partial charge in [-0.2, -0.15) is 0 Å². The van der Waals surface area contributed by atoms with E-state index in [4.69, 9.17) is 9.84 Å². The molecule has 0 aromatic carbocycles. The molecule has 0 saturated carbocycles. The Balaban J connectivity index is 0.00000172. The molecule has 1 heterocycles. The summed E-state index contributed by atoms with van der Waals surface area (Å²) in [5, 5.41) is 8.85. The van der Waals surface area contributed by atoms with Crippen LogP contribution in [0.2, 0.25) is 0 Å². The highest BCUT2D eigenvalue weighted by atomic mass is 19.1. The van der Waals surface area contributed by atoms with Crippen LogP contribution in [0.1, 0.15) is 33.3 Å². The van der Waals surface area contributed by atoms with Gasteiger partial charge in [-0.05, 0) is 37.6 Å². The van der Waals surface area contributed by atoms with Crippen LogP contribution in [0.15, 0.2) is 48.4 Å². The Morgan fingerprint density at radius 2 is 2.10 bits per heavy atom. The first-order valence-corrected chi connectivity index (χ1v) is 6.50. The number of rotatable bonds is 5. The van der Waals surface area contributed by atoms with Crippen LogP contribution in [-0.4, -0.2) is 10.1 Å². The van der Waals surface area contributed by atoms with Gasteiger partial charge in [-0.3, -0.25) is 0 Å². The van der Waals surface area contributed by atoms with Crippen molar-refractivity contribution in [3.63, 3.8) is 0 Å². The molecule has 0 amide bonds. The minimum absolute atomic E-state index is 0.119. The summed E-state index contributed by atoms with van der Waals surface area (Å²) < 4.78 is 18.9. The number of aromatic nitrogens is 1. The predicted octanol–water partition coefficient (Wildman–Crippen LogP) is 4.15. The second-order valence-corrected chi connectivity index (χ2v) is 3.76. The van der Waals surface area contributed by atoms with Crippen LogP contribution in [0.25, 0.3) is 0 Å². The minimum Gasteiger partial charge on any atom is -0.437 e.